The van der Waals surface area contributed by atoms with Gasteiger partial charge in [-0.15, -0.1) is 0 Å². The molecule has 0 radical (unpaired) electrons. The van der Waals surface area contributed by atoms with Crippen LogP contribution in [0.25, 0.3) is 6.08 Å². The normalized spacial score (nSPS) is 16.4. The van der Waals surface area contributed by atoms with Gasteiger partial charge in [-0.1, -0.05) is 30.7 Å². The van der Waals surface area contributed by atoms with Crippen LogP contribution >= 0.6 is 12.2 Å². The quantitative estimate of drug-likeness (QED) is 0.413. The van der Waals surface area contributed by atoms with Crippen molar-refractivity contribution in [1.82, 2.24) is 5.32 Å². The van der Waals surface area contributed by atoms with Gasteiger partial charge in [0, 0.05) is 0 Å². The third kappa shape index (κ3) is 4.77. The lowest BCUT2D eigenvalue weighted by atomic mass is 10.0. The third-order valence-corrected chi connectivity index (χ3v) is 5.38. The van der Waals surface area contributed by atoms with Gasteiger partial charge < -0.3 is 9.47 Å². The summed E-state index contributed by atoms with van der Waals surface area (Å²) in [4.78, 5) is 27.2. The largest absolute Gasteiger partial charge is 0.493 e. The van der Waals surface area contributed by atoms with Crippen molar-refractivity contribution in [1.29, 1.82) is 0 Å². The van der Waals surface area contributed by atoms with Gasteiger partial charge in [0.25, 0.3) is 11.8 Å². The Kier molecular flexibility index (Phi) is 6.75. The van der Waals surface area contributed by atoms with Crippen LogP contribution in [0, 0.1) is 13.8 Å². The molecule has 1 fully saturated rings. The van der Waals surface area contributed by atoms with Gasteiger partial charge in [-0.2, -0.15) is 0 Å². The zero-order valence-electron chi connectivity index (χ0n) is 18.3. The lowest BCUT2D eigenvalue weighted by Gasteiger charge is -2.30. The Morgan fingerprint density at radius 3 is 2.52 bits per heavy atom. The highest BCUT2D eigenvalue weighted by molar-refractivity contribution is 7.80. The predicted molar refractivity (Wildman–Crippen MR) is 125 cm³/mol. The lowest BCUT2D eigenvalue weighted by molar-refractivity contribution is -0.122. The lowest BCUT2D eigenvalue weighted by Crippen LogP contribution is -2.54. The summed E-state index contributed by atoms with van der Waals surface area (Å²) >= 11 is 5.29. The van der Waals surface area contributed by atoms with E-state index in [0.717, 1.165) is 17.5 Å². The standard InChI is InChI=1S/C24H26N2O4S/c1-6-16(4)30-20-10-8-17(13-21(20)29-5)12-18-22(27)25-24(31)26(23(18)28)19-9-7-14(2)11-15(19)3/h7-13,16H,6H2,1-5H3,(H,25,27,31)/b18-12+/t16-/m0/s1. The topological polar surface area (TPSA) is 67.9 Å². The number of hydrogen-bond donors (Lipinski definition) is 1. The number of amides is 2. The zero-order valence-corrected chi connectivity index (χ0v) is 19.1. The van der Waals surface area contributed by atoms with Crippen molar-refractivity contribution >= 4 is 40.9 Å². The molecule has 0 bridgehead atoms. The molecule has 1 saturated heterocycles. The number of carbonyl (C=O) groups excluding carboxylic acids is 2. The summed E-state index contributed by atoms with van der Waals surface area (Å²) in [6.07, 6.45) is 2.43. The second-order valence-corrected chi connectivity index (χ2v) is 7.88. The molecule has 1 N–H and O–H groups in total. The molecule has 0 aliphatic carbocycles. The van der Waals surface area contributed by atoms with Gasteiger partial charge in [0.1, 0.15) is 5.57 Å². The van der Waals surface area contributed by atoms with Crippen molar-refractivity contribution in [2.75, 3.05) is 12.0 Å². The Morgan fingerprint density at radius 2 is 1.87 bits per heavy atom. The van der Waals surface area contributed by atoms with Crippen LogP contribution in [0.4, 0.5) is 5.69 Å². The molecule has 2 aromatic rings. The number of thiocarbonyl (C=S) groups is 1. The van der Waals surface area contributed by atoms with Crippen molar-refractivity contribution in [3.8, 4) is 11.5 Å². The van der Waals surface area contributed by atoms with E-state index in [1.165, 1.54) is 11.0 Å². The molecule has 1 aliphatic heterocycles. The summed E-state index contributed by atoms with van der Waals surface area (Å²) in [7, 11) is 1.55. The van der Waals surface area contributed by atoms with Crippen LogP contribution in [0.1, 0.15) is 37.0 Å². The molecule has 1 atom stereocenters. The smallest absolute Gasteiger partial charge is 0.270 e. The Morgan fingerprint density at radius 1 is 1.13 bits per heavy atom. The van der Waals surface area contributed by atoms with Gasteiger partial charge in [0.2, 0.25) is 0 Å². The second kappa shape index (κ2) is 9.31. The molecule has 7 heteroatoms. The molecule has 2 amide bonds. The van der Waals surface area contributed by atoms with E-state index >= 15 is 0 Å². The van der Waals surface area contributed by atoms with E-state index in [9.17, 15) is 9.59 Å². The van der Waals surface area contributed by atoms with Crippen molar-refractivity contribution in [2.24, 2.45) is 0 Å². The number of hydrogen-bond acceptors (Lipinski definition) is 5. The first-order valence-electron chi connectivity index (χ1n) is 10.1. The fourth-order valence-corrected chi connectivity index (χ4v) is 3.54. The number of aryl methyl sites for hydroxylation is 2. The molecule has 6 nitrogen and oxygen atoms in total. The summed E-state index contributed by atoms with van der Waals surface area (Å²) in [6.45, 7) is 7.89. The highest BCUT2D eigenvalue weighted by atomic mass is 32.1. The van der Waals surface area contributed by atoms with Crippen LogP contribution in [-0.4, -0.2) is 30.1 Å². The van der Waals surface area contributed by atoms with E-state index in [1.54, 1.807) is 25.3 Å². The molecular formula is C24H26N2O4S. The molecule has 0 aromatic heterocycles. The first kappa shape index (κ1) is 22.5. The van der Waals surface area contributed by atoms with Crippen molar-refractivity contribution < 1.29 is 19.1 Å². The maximum atomic E-state index is 13.2. The Hall–Kier alpha value is -3.19. The maximum absolute atomic E-state index is 13.2. The minimum Gasteiger partial charge on any atom is -0.493 e. The number of ether oxygens (including phenoxy) is 2. The molecule has 31 heavy (non-hydrogen) atoms. The van der Waals surface area contributed by atoms with Crippen molar-refractivity contribution in [3.05, 3.63) is 58.7 Å². The van der Waals surface area contributed by atoms with Gasteiger partial charge in [-0.25, -0.2) is 0 Å². The van der Waals surface area contributed by atoms with E-state index in [-0.39, 0.29) is 16.8 Å². The molecule has 1 heterocycles. The van der Waals surface area contributed by atoms with Crippen molar-refractivity contribution in [2.45, 2.75) is 40.2 Å². The van der Waals surface area contributed by atoms with Crippen LogP contribution in [0.3, 0.4) is 0 Å². The van der Waals surface area contributed by atoms with Crippen LogP contribution in [-0.2, 0) is 9.59 Å². The van der Waals surface area contributed by atoms with Crippen LogP contribution in [0.2, 0.25) is 0 Å². The number of carbonyl (C=O) groups is 2. The van der Waals surface area contributed by atoms with E-state index in [0.29, 0.717) is 22.7 Å². The van der Waals surface area contributed by atoms with Crippen molar-refractivity contribution in [3.63, 3.8) is 0 Å². The maximum Gasteiger partial charge on any atom is 0.270 e. The molecule has 3 rings (SSSR count). The average Bonchev–Trinajstić information content (AvgIpc) is 2.73. The number of nitrogens with zero attached hydrogens (tertiary/aromatic N) is 1. The number of benzene rings is 2. The monoisotopic (exact) mass is 438 g/mol. The number of rotatable bonds is 6. The van der Waals surface area contributed by atoms with Gasteiger partial charge >= 0.3 is 0 Å². The van der Waals surface area contributed by atoms with Crippen LogP contribution < -0.4 is 19.7 Å². The second-order valence-electron chi connectivity index (χ2n) is 7.49. The summed E-state index contributed by atoms with van der Waals surface area (Å²) in [5, 5.41) is 2.68. The van der Waals surface area contributed by atoms with Gasteiger partial charge in [0.15, 0.2) is 16.6 Å². The molecule has 0 saturated carbocycles. The first-order valence-corrected chi connectivity index (χ1v) is 10.5. The summed E-state index contributed by atoms with van der Waals surface area (Å²) in [5.41, 5.74) is 3.23. The first-order chi connectivity index (χ1) is 14.7. The summed E-state index contributed by atoms with van der Waals surface area (Å²) in [6, 6.07) is 11.0. The zero-order chi connectivity index (χ0) is 22.7. The van der Waals surface area contributed by atoms with Crippen LogP contribution in [0.5, 0.6) is 11.5 Å². The Balaban J connectivity index is 1.98. The predicted octanol–water partition coefficient (Wildman–Crippen LogP) is 4.32. The van der Waals surface area contributed by atoms with E-state index < -0.39 is 11.8 Å². The minimum atomic E-state index is -0.532. The fraction of sp³-hybridized carbons (Fsp3) is 0.292. The molecule has 0 unspecified atom stereocenters. The Labute approximate surface area is 187 Å². The number of nitrogens with one attached hydrogen (secondary N) is 1. The molecule has 0 spiro atoms. The molecular weight excluding hydrogens is 412 g/mol. The molecule has 2 aromatic carbocycles. The van der Waals surface area contributed by atoms with Crippen LogP contribution in [0.15, 0.2) is 42.0 Å². The fourth-order valence-electron chi connectivity index (χ4n) is 3.27. The highest BCUT2D eigenvalue weighted by Crippen LogP contribution is 2.31. The van der Waals surface area contributed by atoms with Gasteiger partial charge in [-0.05, 0) is 74.8 Å². The number of anilines is 1. The van der Waals surface area contributed by atoms with E-state index in [1.807, 2.05) is 45.9 Å². The SMILES string of the molecule is CC[C@H](C)Oc1ccc(/C=C2\C(=O)NC(=S)N(c3ccc(C)cc3C)C2=O)cc1OC. The highest BCUT2D eigenvalue weighted by Gasteiger charge is 2.35. The molecule has 1 aliphatic rings. The minimum absolute atomic E-state index is 0.00813. The van der Waals surface area contributed by atoms with Gasteiger partial charge in [0.05, 0.1) is 18.9 Å². The molecule has 162 valence electrons. The number of methoxy groups -OCH3 is 1. The summed E-state index contributed by atoms with van der Waals surface area (Å²) in [5.74, 6) is 0.131. The van der Waals surface area contributed by atoms with Gasteiger partial charge in [-0.3, -0.25) is 19.8 Å². The Bertz CT molecular complexity index is 1080. The third-order valence-electron chi connectivity index (χ3n) is 5.10. The van der Waals surface area contributed by atoms with E-state index in [2.05, 4.69) is 5.32 Å². The summed E-state index contributed by atoms with van der Waals surface area (Å²) < 4.78 is 11.3. The van der Waals surface area contributed by atoms with E-state index in [4.69, 9.17) is 21.7 Å². The average molecular weight is 439 g/mol.